The third kappa shape index (κ3) is 6.05. The number of hydrogen-bond acceptors (Lipinski definition) is 4. The van der Waals surface area contributed by atoms with E-state index in [-0.39, 0.29) is 0 Å². The van der Waals surface area contributed by atoms with E-state index in [4.69, 9.17) is 5.14 Å². The lowest BCUT2D eigenvalue weighted by Crippen LogP contribution is -2.38. The maximum absolute atomic E-state index is 11.7. The molecule has 3 heterocycles. The molecule has 28 heavy (non-hydrogen) atoms. The van der Waals surface area contributed by atoms with Crippen molar-refractivity contribution >= 4 is 16.2 Å². The summed E-state index contributed by atoms with van der Waals surface area (Å²) < 4.78 is 27.2. The van der Waals surface area contributed by atoms with E-state index in [9.17, 15) is 8.42 Å². The fourth-order valence-electron chi connectivity index (χ4n) is 4.87. The van der Waals surface area contributed by atoms with Gasteiger partial charge in [-0.2, -0.15) is 8.42 Å². The molecule has 0 radical (unpaired) electrons. The molecule has 3 fully saturated rings. The Morgan fingerprint density at radius 3 is 1.68 bits per heavy atom. The molecule has 162 valence electrons. The number of guanidine groups is 1. The second kappa shape index (κ2) is 9.73. The average molecular weight is 415 g/mol. The maximum Gasteiger partial charge on any atom is 0.320 e. The first-order valence-electron chi connectivity index (χ1n) is 10.9. The van der Waals surface area contributed by atoms with Crippen molar-refractivity contribution in [1.29, 1.82) is 0 Å². The van der Waals surface area contributed by atoms with Crippen molar-refractivity contribution in [3.8, 4) is 0 Å². The van der Waals surface area contributed by atoms with Crippen LogP contribution in [0.4, 0.5) is 0 Å². The number of likely N-dealkylation sites (tertiary alicyclic amines) is 2. The van der Waals surface area contributed by atoms with Crippen LogP contribution in [0.15, 0.2) is 4.40 Å². The third-order valence-corrected chi connectivity index (χ3v) is 6.96. The summed E-state index contributed by atoms with van der Waals surface area (Å²) in [5.41, 5.74) is 0. The van der Waals surface area contributed by atoms with Gasteiger partial charge in [-0.3, -0.25) is 0 Å². The minimum atomic E-state index is -3.89. The van der Waals surface area contributed by atoms with Crippen LogP contribution >= 0.6 is 0 Å². The van der Waals surface area contributed by atoms with Crippen LogP contribution in [0.2, 0.25) is 0 Å². The number of rotatable bonds is 9. The van der Waals surface area contributed by atoms with Gasteiger partial charge in [0.1, 0.15) is 0 Å². The topological polar surface area (TPSA) is 85.5 Å². The van der Waals surface area contributed by atoms with Crippen molar-refractivity contribution in [2.75, 3.05) is 52.4 Å². The van der Waals surface area contributed by atoms with E-state index in [0.717, 1.165) is 52.1 Å². The molecule has 3 rings (SSSR count). The molecule has 3 aliphatic heterocycles. The maximum atomic E-state index is 11.7. The van der Waals surface area contributed by atoms with Gasteiger partial charge in [-0.1, -0.05) is 0 Å². The molecule has 0 aromatic heterocycles. The van der Waals surface area contributed by atoms with Crippen LogP contribution in [0.3, 0.4) is 0 Å². The zero-order valence-electron chi connectivity index (χ0n) is 17.6. The Hall–Kier alpha value is -0.900. The second-order valence-corrected chi connectivity index (χ2v) is 9.85. The SMILES string of the molecule is CC1CCCN1CCCN1CCN(CCCN2CCCC2C)C1=NS(N)(=O)=O. The monoisotopic (exact) mass is 414 g/mol. The lowest BCUT2D eigenvalue weighted by atomic mass is 10.2. The highest BCUT2D eigenvalue weighted by atomic mass is 32.2. The van der Waals surface area contributed by atoms with Crippen molar-refractivity contribution in [2.24, 2.45) is 9.54 Å². The van der Waals surface area contributed by atoms with Crippen molar-refractivity contribution in [2.45, 2.75) is 64.5 Å². The van der Waals surface area contributed by atoms with Gasteiger partial charge in [0.25, 0.3) is 0 Å². The van der Waals surface area contributed by atoms with Crippen LogP contribution in [0.5, 0.6) is 0 Å². The quantitative estimate of drug-likeness (QED) is 0.604. The van der Waals surface area contributed by atoms with Gasteiger partial charge in [-0.25, -0.2) is 5.14 Å². The van der Waals surface area contributed by atoms with E-state index in [2.05, 4.69) is 37.8 Å². The van der Waals surface area contributed by atoms with Gasteiger partial charge in [-0.05, 0) is 65.5 Å². The van der Waals surface area contributed by atoms with Crippen molar-refractivity contribution < 1.29 is 8.42 Å². The van der Waals surface area contributed by atoms with Crippen LogP contribution in [0.25, 0.3) is 0 Å². The Balaban J connectivity index is 1.51. The van der Waals surface area contributed by atoms with Gasteiger partial charge < -0.3 is 19.6 Å². The summed E-state index contributed by atoms with van der Waals surface area (Å²) in [5, 5.41) is 5.25. The van der Waals surface area contributed by atoms with Crippen LogP contribution < -0.4 is 5.14 Å². The Morgan fingerprint density at radius 2 is 1.32 bits per heavy atom. The highest BCUT2D eigenvalue weighted by molar-refractivity contribution is 7.88. The first-order valence-corrected chi connectivity index (χ1v) is 12.4. The smallest absolute Gasteiger partial charge is 0.320 e. The molecule has 0 aromatic rings. The fourth-order valence-corrected chi connectivity index (χ4v) is 5.33. The second-order valence-electron chi connectivity index (χ2n) is 8.64. The first kappa shape index (κ1) is 21.8. The third-order valence-electron chi connectivity index (χ3n) is 6.54. The molecule has 2 N–H and O–H groups in total. The van der Waals surface area contributed by atoms with E-state index in [1.165, 1.54) is 38.8 Å². The van der Waals surface area contributed by atoms with Crippen LogP contribution in [-0.4, -0.2) is 98.4 Å². The van der Waals surface area contributed by atoms with Gasteiger partial charge in [0.05, 0.1) is 0 Å². The minimum Gasteiger partial charge on any atom is -0.340 e. The molecule has 0 saturated carbocycles. The molecule has 9 heteroatoms. The normalized spacial score (nSPS) is 27.3. The predicted octanol–water partition coefficient (Wildman–Crippen LogP) is 0.912. The highest BCUT2D eigenvalue weighted by Crippen LogP contribution is 2.19. The Morgan fingerprint density at radius 1 is 0.857 bits per heavy atom. The molecule has 8 nitrogen and oxygen atoms in total. The summed E-state index contributed by atoms with van der Waals surface area (Å²) in [7, 11) is -3.89. The van der Waals surface area contributed by atoms with Gasteiger partial charge in [0.15, 0.2) is 0 Å². The molecule has 0 aromatic carbocycles. The number of nitrogens with zero attached hydrogens (tertiary/aromatic N) is 5. The number of nitrogens with two attached hydrogens (primary N) is 1. The first-order chi connectivity index (χ1) is 13.3. The van der Waals surface area contributed by atoms with E-state index in [1.807, 2.05) is 0 Å². The summed E-state index contributed by atoms with van der Waals surface area (Å²) in [6.45, 7) is 12.4. The minimum absolute atomic E-state index is 0.548. The van der Waals surface area contributed by atoms with E-state index < -0.39 is 10.2 Å². The molecule has 2 unspecified atom stereocenters. The van der Waals surface area contributed by atoms with Crippen LogP contribution in [0, 0.1) is 0 Å². The average Bonchev–Trinajstić information content (AvgIpc) is 3.31. The molecule has 3 aliphatic rings. The lowest BCUT2D eigenvalue weighted by molar-refractivity contribution is 0.254. The van der Waals surface area contributed by atoms with Crippen LogP contribution in [-0.2, 0) is 10.2 Å². The van der Waals surface area contributed by atoms with Gasteiger partial charge >= 0.3 is 10.2 Å². The van der Waals surface area contributed by atoms with Crippen molar-refractivity contribution in [3.63, 3.8) is 0 Å². The largest absolute Gasteiger partial charge is 0.340 e. The highest BCUT2D eigenvalue weighted by Gasteiger charge is 2.29. The molecular formula is C19H38N6O2S. The molecule has 0 amide bonds. The Kier molecular flexibility index (Phi) is 7.58. The Labute approximate surface area is 170 Å². The molecule has 3 saturated heterocycles. The van der Waals surface area contributed by atoms with Crippen molar-refractivity contribution in [1.82, 2.24) is 19.6 Å². The van der Waals surface area contributed by atoms with E-state index >= 15 is 0 Å². The van der Waals surface area contributed by atoms with Crippen molar-refractivity contribution in [3.05, 3.63) is 0 Å². The summed E-state index contributed by atoms with van der Waals surface area (Å²) in [5.74, 6) is 0.548. The number of hydrogen-bond donors (Lipinski definition) is 1. The lowest BCUT2D eigenvalue weighted by Gasteiger charge is -2.26. The summed E-state index contributed by atoms with van der Waals surface area (Å²) in [6.07, 6.45) is 7.18. The zero-order valence-corrected chi connectivity index (χ0v) is 18.4. The Bertz CT molecular complexity index is 604. The van der Waals surface area contributed by atoms with Gasteiger partial charge in [0.2, 0.25) is 5.96 Å². The molecule has 2 atom stereocenters. The van der Waals surface area contributed by atoms with Crippen LogP contribution in [0.1, 0.15) is 52.4 Å². The molecule has 0 aliphatic carbocycles. The molecule has 0 bridgehead atoms. The zero-order chi connectivity index (χ0) is 20.1. The van der Waals surface area contributed by atoms with E-state index in [0.29, 0.717) is 18.0 Å². The van der Waals surface area contributed by atoms with Gasteiger partial charge in [-0.15, -0.1) is 4.40 Å². The van der Waals surface area contributed by atoms with Gasteiger partial charge in [0, 0.05) is 51.4 Å². The summed E-state index contributed by atoms with van der Waals surface area (Å²) in [6, 6.07) is 1.33. The standard InChI is InChI=1S/C19H38N6O2S/c1-17-7-3-9-22(17)11-5-13-24-15-16-25(19(24)21-28(20,26)27)14-6-12-23-10-4-8-18(23)2/h17-18H,3-16H2,1-2H3,(H2,20,26,27). The predicted molar refractivity (Wildman–Crippen MR) is 113 cm³/mol. The molecular weight excluding hydrogens is 376 g/mol. The fraction of sp³-hybridized carbons (Fsp3) is 0.947. The summed E-state index contributed by atoms with van der Waals surface area (Å²) >= 11 is 0. The molecule has 0 spiro atoms. The van der Waals surface area contributed by atoms with E-state index in [1.54, 1.807) is 0 Å². The summed E-state index contributed by atoms with van der Waals surface area (Å²) in [4.78, 5) is 9.26.